The standard InChI is InChI=1S/C21H25F2N3O4/c1-3-28-17-13-15(7-9-16(17)29-20(22)23)8-10-18(27)25-21(11-5-4-6-12-21)19-24-14(2)30-26-19/h7-10,13,20H,3-6,11-12H2,1-2H3,(H,25,27)/b10-8+. The molecule has 3 rings (SSSR count). The molecular formula is C21H25F2N3O4. The van der Waals surface area contributed by atoms with Gasteiger partial charge in [-0.25, -0.2) is 0 Å². The molecule has 1 saturated carbocycles. The molecule has 1 N–H and O–H groups in total. The van der Waals surface area contributed by atoms with Gasteiger partial charge in [0.1, 0.15) is 5.54 Å². The molecule has 30 heavy (non-hydrogen) atoms. The number of aromatic nitrogens is 2. The average Bonchev–Trinajstić information content (AvgIpc) is 3.16. The predicted octanol–water partition coefficient (Wildman–Crippen LogP) is 4.37. The third-order valence-electron chi connectivity index (χ3n) is 4.94. The number of nitrogens with one attached hydrogen (secondary N) is 1. The number of benzene rings is 1. The quantitative estimate of drug-likeness (QED) is 0.637. The van der Waals surface area contributed by atoms with Gasteiger partial charge >= 0.3 is 6.61 Å². The molecule has 1 heterocycles. The third kappa shape index (κ3) is 5.34. The van der Waals surface area contributed by atoms with Crippen molar-refractivity contribution in [1.29, 1.82) is 0 Å². The van der Waals surface area contributed by atoms with E-state index in [1.165, 1.54) is 12.1 Å². The molecule has 1 amide bonds. The molecule has 0 aliphatic heterocycles. The molecule has 162 valence electrons. The number of carbonyl (C=O) groups excluding carboxylic acids is 1. The SMILES string of the molecule is CCOc1cc(/C=C/C(=O)NC2(c3noc(C)n3)CCCCC2)ccc1OC(F)F. The van der Waals surface area contributed by atoms with Gasteiger partial charge in [-0.1, -0.05) is 30.5 Å². The number of alkyl halides is 2. The Morgan fingerprint density at radius 1 is 1.30 bits per heavy atom. The molecule has 1 aromatic heterocycles. The van der Waals surface area contributed by atoms with Gasteiger partial charge in [-0.15, -0.1) is 0 Å². The molecule has 0 unspecified atom stereocenters. The molecule has 1 aliphatic carbocycles. The zero-order valence-corrected chi connectivity index (χ0v) is 17.0. The van der Waals surface area contributed by atoms with Crippen LogP contribution in [-0.2, 0) is 10.3 Å². The third-order valence-corrected chi connectivity index (χ3v) is 4.94. The van der Waals surface area contributed by atoms with Crippen LogP contribution in [0.4, 0.5) is 8.78 Å². The van der Waals surface area contributed by atoms with Crippen molar-refractivity contribution in [1.82, 2.24) is 15.5 Å². The van der Waals surface area contributed by atoms with E-state index >= 15 is 0 Å². The Balaban J connectivity index is 1.75. The Morgan fingerprint density at radius 3 is 2.70 bits per heavy atom. The summed E-state index contributed by atoms with van der Waals surface area (Å²) in [5, 5.41) is 7.08. The molecule has 1 fully saturated rings. The van der Waals surface area contributed by atoms with Crippen molar-refractivity contribution >= 4 is 12.0 Å². The highest BCUT2D eigenvalue weighted by Gasteiger charge is 2.39. The summed E-state index contributed by atoms with van der Waals surface area (Å²) in [5.74, 6) is 0.779. The highest BCUT2D eigenvalue weighted by Crippen LogP contribution is 2.36. The summed E-state index contributed by atoms with van der Waals surface area (Å²) in [6.07, 6.45) is 7.46. The molecule has 1 aliphatic rings. The molecule has 2 aromatic rings. The zero-order chi connectivity index (χ0) is 21.6. The van der Waals surface area contributed by atoms with Crippen LogP contribution in [0, 0.1) is 6.92 Å². The van der Waals surface area contributed by atoms with Crippen LogP contribution in [0.2, 0.25) is 0 Å². The number of aryl methyl sites for hydroxylation is 1. The molecule has 0 spiro atoms. The van der Waals surface area contributed by atoms with Gasteiger partial charge in [0.25, 0.3) is 0 Å². The van der Waals surface area contributed by atoms with Crippen LogP contribution in [0.25, 0.3) is 6.08 Å². The summed E-state index contributed by atoms with van der Waals surface area (Å²) in [6, 6.07) is 4.51. The molecule has 0 atom stereocenters. The lowest BCUT2D eigenvalue weighted by atomic mass is 9.81. The first-order valence-corrected chi connectivity index (χ1v) is 9.94. The number of ether oxygens (including phenoxy) is 2. The summed E-state index contributed by atoms with van der Waals surface area (Å²) in [5.41, 5.74) is -0.0357. The monoisotopic (exact) mass is 421 g/mol. The van der Waals surface area contributed by atoms with Gasteiger partial charge in [-0.3, -0.25) is 4.79 Å². The zero-order valence-electron chi connectivity index (χ0n) is 17.0. The minimum absolute atomic E-state index is 0.0536. The van der Waals surface area contributed by atoms with Gasteiger partial charge in [0.15, 0.2) is 17.3 Å². The molecule has 0 bridgehead atoms. The van der Waals surface area contributed by atoms with Crippen LogP contribution < -0.4 is 14.8 Å². The lowest BCUT2D eigenvalue weighted by molar-refractivity contribution is -0.119. The number of halogens is 2. The summed E-state index contributed by atoms with van der Waals surface area (Å²) in [6.45, 7) is 0.800. The molecule has 0 radical (unpaired) electrons. The lowest BCUT2D eigenvalue weighted by Gasteiger charge is -2.34. The van der Waals surface area contributed by atoms with E-state index in [0.29, 0.717) is 23.9 Å². The maximum Gasteiger partial charge on any atom is 0.387 e. The first kappa shape index (κ1) is 21.7. The molecule has 9 heteroatoms. The summed E-state index contributed by atoms with van der Waals surface area (Å²) in [4.78, 5) is 17.0. The number of nitrogens with zero attached hydrogens (tertiary/aromatic N) is 2. The molecule has 7 nitrogen and oxygen atoms in total. The molecule has 1 aromatic carbocycles. The molecule has 0 saturated heterocycles. The number of carbonyl (C=O) groups is 1. The van der Waals surface area contributed by atoms with E-state index in [9.17, 15) is 13.6 Å². The highest BCUT2D eigenvalue weighted by atomic mass is 19.3. The number of rotatable bonds is 8. The highest BCUT2D eigenvalue weighted by molar-refractivity contribution is 5.92. The maximum atomic E-state index is 12.7. The minimum atomic E-state index is -2.95. The first-order valence-electron chi connectivity index (χ1n) is 9.94. The van der Waals surface area contributed by atoms with E-state index in [4.69, 9.17) is 9.26 Å². The van der Waals surface area contributed by atoms with Gasteiger partial charge < -0.3 is 19.3 Å². The van der Waals surface area contributed by atoms with Gasteiger partial charge in [-0.2, -0.15) is 13.8 Å². The van der Waals surface area contributed by atoms with Crippen molar-refractivity contribution < 1.29 is 27.6 Å². The number of amides is 1. The maximum absolute atomic E-state index is 12.7. The Morgan fingerprint density at radius 2 is 2.07 bits per heavy atom. The largest absolute Gasteiger partial charge is 0.490 e. The Bertz CT molecular complexity index is 892. The van der Waals surface area contributed by atoms with Crippen molar-refractivity contribution in [3.63, 3.8) is 0 Å². The van der Waals surface area contributed by atoms with Crippen molar-refractivity contribution in [2.45, 2.75) is 58.1 Å². The second-order valence-electron chi connectivity index (χ2n) is 7.12. The van der Waals surface area contributed by atoms with Crippen molar-refractivity contribution in [3.05, 3.63) is 41.6 Å². The van der Waals surface area contributed by atoms with Crippen LogP contribution in [0.3, 0.4) is 0 Å². The lowest BCUT2D eigenvalue weighted by Crippen LogP contribution is -2.47. The van der Waals surface area contributed by atoms with Crippen LogP contribution >= 0.6 is 0 Å². The predicted molar refractivity (Wildman–Crippen MR) is 105 cm³/mol. The fourth-order valence-electron chi connectivity index (χ4n) is 3.59. The van der Waals surface area contributed by atoms with Gasteiger partial charge in [0.05, 0.1) is 6.61 Å². The van der Waals surface area contributed by atoms with Gasteiger partial charge in [-0.05, 0) is 43.5 Å². The van der Waals surface area contributed by atoms with E-state index in [-0.39, 0.29) is 17.4 Å². The van der Waals surface area contributed by atoms with E-state index in [2.05, 4.69) is 20.2 Å². The second-order valence-corrected chi connectivity index (χ2v) is 7.12. The smallest absolute Gasteiger partial charge is 0.387 e. The fraction of sp³-hybridized carbons (Fsp3) is 0.476. The summed E-state index contributed by atoms with van der Waals surface area (Å²) in [7, 11) is 0. The van der Waals surface area contributed by atoms with Crippen LogP contribution in [0.5, 0.6) is 11.5 Å². The van der Waals surface area contributed by atoms with Gasteiger partial charge in [0, 0.05) is 13.0 Å². The number of hydrogen-bond acceptors (Lipinski definition) is 6. The molecular weight excluding hydrogens is 396 g/mol. The van der Waals surface area contributed by atoms with E-state index in [1.54, 1.807) is 32.1 Å². The number of hydrogen-bond donors (Lipinski definition) is 1. The Hall–Kier alpha value is -2.97. The van der Waals surface area contributed by atoms with Crippen LogP contribution in [0.1, 0.15) is 56.3 Å². The van der Waals surface area contributed by atoms with Crippen LogP contribution in [0.15, 0.2) is 28.8 Å². The minimum Gasteiger partial charge on any atom is -0.490 e. The Labute approximate surface area is 173 Å². The van der Waals surface area contributed by atoms with E-state index < -0.39 is 12.2 Å². The second kappa shape index (κ2) is 9.69. The van der Waals surface area contributed by atoms with Crippen molar-refractivity contribution in [2.75, 3.05) is 6.61 Å². The normalized spacial score (nSPS) is 16.0. The van der Waals surface area contributed by atoms with Crippen molar-refractivity contribution in [2.24, 2.45) is 0 Å². The Kier molecular flexibility index (Phi) is 7.02. The van der Waals surface area contributed by atoms with Crippen molar-refractivity contribution in [3.8, 4) is 11.5 Å². The van der Waals surface area contributed by atoms with E-state index in [0.717, 1.165) is 32.1 Å². The average molecular weight is 421 g/mol. The summed E-state index contributed by atoms with van der Waals surface area (Å²) >= 11 is 0. The van der Waals surface area contributed by atoms with E-state index in [1.807, 2.05) is 0 Å². The fourth-order valence-corrected chi connectivity index (χ4v) is 3.59. The first-order chi connectivity index (χ1) is 14.4. The van der Waals surface area contributed by atoms with Gasteiger partial charge in [0.2, 0.25) is 11.8 Å². The topological polar surface area (TPSA) is 86.5 Å². The van der Waals surface area contributed by atoms with Crippen LogP contribution in [-0.4, -0.2) is 29.3 Å². The summed E-state index contributed by atoms with van der Waals surface area (Å²) < 4.78 is 40.0.